The fraction of sp³-hybridized carbons (Fsp3) is 0.588. The van der Waals surface area contributed by atoms with Gasteiger partial charge in [-0.15, -0.1) is 0 Å². The summed E-state index contributed by atoms with van der Waals surface area (Å²) in [5.74, 6) is 0.773. The summed E-state index contributed by atoms with van der Waals surface area (Å²) in [6.45, 7) is 5.58. The van der Waals surface area contributed by atoms with E-state index < -0.39 is 0 Å². The third-order valence-electron chi connectivity index (χ3n) is 4.12. The minimum absolute atomic E-state index is 0.182. The second-order valence-corrected chi connectivity index (χ2v) is 6.05. The summed E-state index contributed by atoms with van der Waals surface area (Å²) in [6, 6.07) is 7.77. The van der Waals surface area contributed by atoms with Crippen LogP contribution >= 0.6 is 11.6 Å². The lowest BCUT2D eigenvalue weighted by molar-refractivity contribution is -0.0855. The van der Waals surface area contributed by atoms with Crippen molar-refractivity contribution in [1.29, 1.82) is 0 Å². The van der Waals surface area contributed by atoms with E-state index >= 15 is 0 Å². The van der Waals surface area contributed by atoms with Gasteiger partial charge in [0, 0.05) is 51.3 Å². The van der Waals surface area contributed by atoms with Gasteiger partial charge in [0.2, 0.25) is 0 Å². The first-order valence-corrected chi connectivity index (χ1v) is 8.45. The number of hydrogen-bond acceptors (Lipinski definition) is 3. The molecule has 1 heterocycles. The van der Waals surface area contributed by atoms with Crippen molar-refractivity contribution >= 4 is 17.6 Å². The average Bonchev–Trinajstić information content (AvgIpc) is 2.59. The topological polar surface area (TPSA) is 54.9 Å². The number of nitrogens with zero attached hydrogens (tertiary/aromatic N) is 1. The Bertz CT molecular complexity index is 516. The van der Waals surface area contributed by atoms with E-state index in [1.165, 1.54) is 0 Å². The highest BCUT2D eigenvalue weighted by atomic mass is 35.5. The van der Waals surface area contributed by atoms with Gasteiger partial charge >= 0.3 is 0 Å². The third kappa shape index (κ3) is 5.37. The molecule has 0 atom stereocenters. The molecule has 1 aromatic rings. The standard InChI is InChI=1S/C17H26ClN3O2/c1-3-19-16(20-12-14-6-4-5-7-15(14)18)21-13-17(22-2)8-10-23-11-9-17/h4-7H,3,8-13H2,1-2H3,(H2,19,20,21). The first-order chi connectivity index (χ1) is 11.2. The molecule has 128 valence electrons. The zero-order valence-corrected chi connectivity index (χ0v) is 14.7. The van der Waals surface area contributed by atoms with Crippen LogP contribution in [0.4, 0.5) is 0 Å². The fourth-order valence-electron chi connectivity index (χ4n) is 2.57. The van der Waals surface area contributed by atoms with Crippen LogP contribution in [0.5, 0.6) is 0 Å². The first kappa shape index (κ1) is 18.0. The summed E-state index contributed by atoms with van der Waals surface area (Å²) in [4.78, 5) is 4.62. The van der Waals surface area contributed by atoms with Gasteiger partial charge in [-0.25, -0.2) is 4.99 Å². The molecule has 0 radical (unpaired) electrons. The number of methoxy groups -OCH3 is 1. The maximum absolute atomic E-state index is 6.18. The fourth-order valence-corrected chi connectivity index (χ4v) is 2.77. The highest BCUT2D eigenvalue weighted by Crippen LogP contribution is 2.23. The maximum atomic E-state index is 6.18. The number of ether oxygens (including phenoxy) is 2. The molecule has 6 heteroatoms. The molecule has 0 aliphatic carbocycles. The molecule has 23 heavy (non-hydrogen) atoms. The van der Waals surface area contributed by atoms with Crippen LogP contribution in [0.25, 0.3) is 0 Å². The Morgan fingerprint density at radius 2 is 2.04 bits per heavy atom. The van der Waals surface area contributed by atoms with Crippen LogP contribution < -0.4 is 10.6 Å². The maximum Gasteiger partial charge on any atom is 0.191 e. The Kier molecular flexibility index (Phi) is 7.15. The summed E-state index contributed by atoms with van der Waals surface area (Å²) in [7, 11) is 1.76. The molecular weight excluding hydrogens is 314 g/mol. The Hall–Kier alpha value is -1.30. The molecule has 0 aromatic heterocycles. The SMILES string of the molecule is CCNC(=NCc1ccccc1Cl)NCC1(OC)CCOCC1. The summed E-state index contributed by atoms with van der Waals surface area (Å²) in [5.41, 5.74) is 0.831. The third-order valence-corrected chi connectivity index (χ3v) is 4.49. The molecule has 0 saturated carbocycles. The minimum atomic E-state index is -0.182. The predicted octanol–water partition coefficient (Wildman–Crippen LogP) is 2.59. The van der Waals surface area contributed by atoms with E-state index in [1.54, 1.807) is 7.11 Å². The number of nitrogens with one attached hydrogen (secondary N) is 2. The van der Waals surface area contributed by atoms with Gasteiger partial charge in [0.1, 0.15) is 0 Å². The van der Waals surface area contributed by atoms with E-state index in [9.17, 15) is 0 Å². The first-order valence-electron chi connectivity index (χ1n) is 8.07. The molecule has 1 aliphatic rings. The summed E-state index contributed by atoms with van der Waals surface area (Å²) >= 11 is 6.18. The molecule has 1 saturated heterocycles. The van der Waals surface area contributed by atoms with Gasteiger partial charge in [-0.3, -0.25) is 0 Å². The van der Waals surface area contributed by atoms with Gasteiger partial charge in [-0.1, -0.05) is 29.8 Å². The van der Waals surface area contributed by atoms with Crippen LogP contribution in [-0.4, -0.2) is 45.0 Å². The number of aliphatic imine (C=N–C) groups is 1. The normalized spacial score (nSPS) is 17.8. The van der Waals surface area contributed by atoms with E-state index in [2.05, 4.69) is 15.6 Å². The summed E-state index contributed by atoms with van der Waals surface area (Å²) in [5, 5.41) is 7.39. The molecule has 1 aromatic carbocycles. The lowest BCUT2D eigenvalue weighted by Crippen LogP contribution is -2.50. The Morgan fingerprint density at radius 1 is 1.30 bits per heavy atom. The van der Waals surface area contributed by atoms with Crippen LogP contribution in [0.1, 0.15) is 25.3 Å². The smallest absolute Gasteiger partial charge is 0.191 e. The molecule has 0 amide bonds. The van der Waals surface area contributed by atoms with E-state index in [-0.39, 0.29) is 5.60 Å². The van der Waals surface area contributed by atoms with Gasteiger partial charge in [-0.05, 0) is 18.6 Å². The van der Waals surface area contributed by atoms with E-state index in [0.717, 1.165) is 49.1 Å². The molecule has 1 aliphatic heterocycles. The number of benzene rings is 1. The number of halogens is 1. The minimum Gasteiger partial charge on any atom is -0.381 e. The van der Waals surface area contributed by atoms with Crippen molar-refractivity contribution in [3.05, 3.63) is 34.9 Å². The quantitative estimate of drug-likeness (QED) is 0.618. The highest BCUT2D eigenvalue weighted by molar-refractivity contribution is 6.31. The highest BCUT2D eigenvalue weighted by Gasteiger charge is 2.32. The Morgan fingerprint density at radius 3 is 2.70 bits per heavy atom. The number of guanidine groups is 1. The lowest BCUT2D eigenvalue weighted by atomic mass is 9.94. The largest absolute Gasteiger partial charge is 0.381 e. The second kappa shape index (κ2) is 9.11. The van der Waals surface area contributed by atoms with Crippen molar-refractivity contribution in [2.45, 2.75) is 31.9 Å². The molecule has 0 bridgehead atoms. The molecule has 2 N–H and O–H groups in total. The number of rotatable bonds is 6. The van der Waals surface area contributed by atoms with Crippen LogP contribution in [0.2, 0.25) is 5.02 Å². The van der Waals surface area contributed by atoms with E-state index in [4.69, 9.17) is 21.1 Å². The van der Waals surface area contributed by atoms with Crippen LogP contribution in [0.3, 0.4) is 0 Å². The molecular formula is C17H26ClN3O2. The monoisotopic (exact) mass is 339 g/mol. The van der Waals surface area contributed by atoms with Crippen molar-refractivity contribution in [3.63, 3.8) is 0 Å². The van der Waals surface area contributed by atoms with Crippen LogP contribution in [0, 0.1) is 0 Å². The second-order valence-electron chi connectivity index (χ2n) is 5.64. The van der Waals surface area contributed by atoms with Crippen LogP contribution in [0.15, 0.2) is 29.3 Å². The van der Waals surface area contributed by atoms with Crippen LogP contribution in [-0.2, 0) is 16.0 Å². The van der Waals surface area contributed by atoms with Gasteiger partial charge in [-0.2, -0.15) is 0 Å². The van der Waals surface area contributed by atoms with Gasteiger partial charge in [0.05, 0.1) is 12.1 Å². The van der Waals surface area contributed by atoms with E-state index in [0.29, 0.717) is 13.1 Å². The molecule has 2 rings (SSSR count). The molecule has 5 nitrogen and oxygen atoms in total. The Balaban J connectivity index is 1.97. The average molecular weight is 340 g/mol. The van der Waals surface area contributed by atoms with Crippen molar-refractivity contribution in [2.75, 3.05) is 33.4 Å². The lowest BCUT2D eigenvalue weighted by Gasteiger charge is -2.36. The van der Waals surface area contributed by atoms with Gasteiger partial charge in [0.25, 0.3) is 0 Å². The molecule has 0 spiro atoms. The van der Waals surface area contributed by atoms with Crippen molar-refractivity contribution < 1.29 is 9.47 Å². The van der Waals surface area contributed by atoms with Crippen molar-refractivity contribution in [2.24, 2.45) is 4.99 Å². The molecule has 1 fully saturated rings. The summed E-state index contributed by atoms with van der Waals surface area (Å²) < 4.78 is 11.2. The van der Waals surface area contributed by atoms with Crippen molar-refractivity contribution in [1.82, 2.24) is 10.6 Å². The number of hydrogen-bond donors (Lipinski definition) is 2. The van der Waals surface area contributed by atoms with Gasteiger partial charge in [0.15, 0.2) is 5.96 Å². The predicted molar refractivity (Wildman–Crippen MR) is 94.1 cm³/mol. The Labute approximate surface area is 143 Å². The zero-order valence-electron chi connectivity index (χ0n) is 13.9. The summed E-state index contributed by atoms with van der Waals surface area (Å²) in [6.07, 6.45) is 1.78. The van der Waals surface area contributed by atoms with Gasteiger partial charge < -0.3 is 20.1 Å². The zero-order chi connectivity index (χ0) is 16.5. The van der Waals surface area contributed by atoms with Crippen molar-refractivity contribution in [3.8, 4) is 0 Å². The van der Waals surface area contributed by atoms with E-state index in [1.807, 2.05) is 31.2 Å². The molecule has 0 unspecified atom stereocenters.